The van der Waals surface area contributed by atoms with Gasteiger partial charge in [0.25, 0.3) is 5.91 Å². The summed E-state index contributed by atoms with van der Waals surface area (Å²) in [5.41, 5.74) is 5.93. The van der Waals surface area contributed by atoms with Crippen molar-refractivity contribution < 1.29 is 9.53 Å². The Balaban J connectivity index is 1.73. The van der Waals surface area contributed by atoms with Crippen LogP contribution in [0.25, 0.3) is 0 Å². The van der Waals surface area contributed by atoms with E-state index in [1.165, 1.54) is 0 Å². The zero-order chi connectivity index (χ0) is 16.1. The first-order valence-electron chi connectivity index (χ1n) is 7.92. The molecule has 1 aliphatic carbocycles. The van der Waals surface area contributed by atoms with Crippen molar-refractivity contribution in [3.8, 4) is 11.5 Å². The summed E-state index contributed by atoms with van der Waals surface area (Å²) in [7, 11) is 0. The van der Waals surface area contributed by atoms with Crippen molar-refractivity contribution in [2.75, 3.05) is 6.54 Å². The maximum absolute atomic E-state index is 12.5. The maximum atomic E-state index is 12.5. The number of ether oxygens (including phenoxy) is 1. The van der Waals surface area contributed by atoms with Crippen molar-refractivity contribution in [3.63, 3.8) is 0 Å². The summed E-state index contributed by atoms with van der Waals surface area (Å²) in [6.45, 7) is 0.457. The summed E-state index contributed by atoms with van der Waals surface area (Å²) < 4.78 is 5.75. The molecule has 1 heterocycles. The average molecular weight is 311 g/mol. The van der Waals surface area contributed by atoms with Crippen LogP contribution in [0.4, 0.5) is 0 Å². The molecule has 0 aliphatic heterocycles. The van der Waals surface area contributed by atoms with E-state index < -0.39 is 0 Å². The minimum absolute atomic E-state index is 0.198. The fourth-order valence-corrected chi connectivity index (χ4v) is 2.96. The highest BCUT2D eigenvalue weighted by Crippen LogP contribution is 2.29. The first kappa shape index (κ1) is 15.5. The molecular weight excluding hydrogens is 290 g/mol. The highest BCUT2D eigenvalue weighted by molar-refractivity contribution is 5.93. The SMILES string of the molecule is NCC1(NC(=O)c2cc(Oc3ccccc3)ccn2)CCCC1. The van der Waals surface area contributed by atoms with Gasteiger partial charge < -0.3 is 15.8 Å². The molecule has 0 atom stereocenters. The molecule has 1 aromatic carbocycles. The number of amides is 1. The molecule has 2 aromatic rings. The van der Waals surface area contributed by atoms with Gasteiger partial charge in [-0.1, -0.05) is 31.0 Å². The van der Waals surface area contributed by atoms with E-state index in [0.717, 1.165) is 31.4 Å². The molecule has 3 rings (SSSR count). The Kier molecular flexibility index (Phi) is 4.57. The van der Waals surface area contributed by atoms with Crippen molar-refractivity contribution in [3.05, 3.63) is 54.4 Å². The van der Waals surface area contributed by atoms with E-state index in [9.17, 15) is 4.79 Å². The third-order valence-electron chi connectivity index (χ3n) is 4.27. The smallest absolute Gasteiger partial charge is 0.270 e. The molecule has 23 heavy (non-hydrogen) atoms. The zero-order valence-corrected chi connectivity index (χ0v) is 13.0. The summed E-state index contributed by atoms with van der Waals surface area (Å²) in [6, 6.07) is 12.8. The maximum Gasteiger partial charge on any atom is 0.270 e. The van der Waals surface area contributed by atoms with Crippen molar-refractivity contribution in [1.29, 1.82) is 0 Å². The van der Waals surface area contributed by atoms with E-state index in [-0.39, 0.29) is 11.4 Å². The van der Waals surface area contributed by atoms with Gasteiger partial charge in [0.2, 0.25) is 0 Å². The van der Waals surface area contributed by atoms with E-state index in [2.05, 4.69) is 10.3 Å². The standard InChI is InChI=1S/C18H21N3O2/c19-13-18(9-4-5-10-18)21-17(22)16-12-15(8-11-20-16)23-14-6-2-1-3-7-14/h1-3,6-8,11-12H,4-5,9-10,13,19H2,(H,21,22). The molecule has 0 spiro atoms. The quantitative estimate of drug-likeness (QED) is 0.890. The van der Waals surface area contributed by atoms with Gasteiger partial charge in [-0.15, -0.1) is 0 Å². The van der Waals surface area contributed by atoms with Gasteiger partial charge in [0.05, 0.1) is 5.54 Å². The second kappa shape index (κ2) is 6.79. The summed E-state index contributed by atoms with van der Waals surface area (Å²) in [5.74, 6) is 1.11. The molecule has 1 amide bonds. The average Bonchev–Trinajstić information content (AvgIpc) is 3.05. The Morgan fingerprint density at radius 2 is 1.91 bits per heavy atom. The molecule has 0 radical (unpaired) electrons. The van der Waals surface area contributed by atoms with E-state index >= 15 is 0 Å². The first-order valence-corrected chi connectivity index (χ1v) is 7.92. The summed E-state index contributed by atoms with van der Waals surface area (Å²) >= 11 is 0. The number of carbonyl (C=O) groups is 1. The lowest BCUT2D eigenvalue weighted by atomic mass is 9.97. The largest absolute Gasteiger partial charge is 0.457 e. The van der Waals surface area contributed by atoms with E-state index in [0.29, 0.717) is 18.0 Å². The Hall–Kier alpha value is -2.40. The highest BCUT2D eigenvalue weighted by atomic mass is 16.5. The number of carbonyl (C=O) groups excluding carboxylic acids is 1. The van der Waals surface area contributed by atoms with Crippen molar-refractivity contribution in [1.82, 2.24) is 10.3 Å². The van der Waals surface area contributed by atoms with Crippen LogP contribution in [0.3, 0.4) is 0 Å². The molecule has 0 bridgehead atoms. The molecule has 1 saturated carbocycles. The number of para-hydroxylation sites is 1. The molecule has 1 fully saturated rings. The normalized spacial score (nSPS) is 16.0. The van der Waals surface area contributed by atoms with Crippen LogP contribution in [0.1, 0.15) is 36.2 Å². The lowest BCUT2D eigenvalue weighted by molar-refractivity contribution is 0.0897. The minimum Gasteiger partial charge on any atom is -0.457 e. The van der Waals surface area contributed by atoms with E-state index in [4.69, 9.17) is 10.5 Å². The van der Waals surface area contributed by atoms with Crippen LogP contribution in [-0.2, 0) is 0 Å². The second-order valence-corrected chi connectivity index (χ2v) is 5.94. The molecule has 5 nitrogen and oxygen atoms in total. The number of benzene rings is 1. The topological polar surface area (TPSA) is 77.2 Å². The Bertz CT molecular complexity index is 667. The number of nitrogens with two attached hydrogens (primary N) is 1. The summed E-state index contributed by atoms with van der Waals surface area (Å²) in [5, 5.41) is 3.07. The Labute approximate surface area is 135 Å². The first-order chi connectivity index (χ1) is 11.2. The van der Waals surface area contributed by atoms with Crippen LogP contribution >= 0.6 is 0 Å². The lowest BCUT2D eigenvalue weighted by Gasteiger charge is -2.28. The fraction of sp³-hybridized carbons (Fsp3) is 0.333. The van der Waals surface area contributed by atoms with Gasteiger partial charge in [0.15, 0.2) is 0 Å². The Morgan fingerprint density at radius 1 is 1.17 bits per heavy atom. The summed E-state index contributed by atoms with van der Waals surface area (Å²) in [6.07, 6.45) is 5.63. The Morgan fingerprint density at radius 3 is 2.61 bits per heavy atom. The van der Waals surface area contributed by atoms with Crippen LogP contribution in [-0.4, -0.2) is 23.0 Å². The van der Waals surface area contributed by atoms with Crippen LogP contribution in [0, 0.1) is 0 Å². The second-order valence-electron chi connectivity index (χ2n) is 5.94. The van der Waals surface area contributed by atoms with Crippen LogP contribution in [0.15, 0.2) is 48.7 Å². The van der Waals surface area contributed by atoms with Gasteiger partial charge in [0.1, 0.15) is 17.2 Å². The van der Waals surface area contributed by atoms with Crippen LogP contribution in [0.5, 0.6) is 11.5 Å². The molecule has 3 N–H and O–H groups in total. The van der Waals surface area contributed by atoms with Gasteiger partial charge in [-0.25, -0.2) is 0 Å². The molecule has 120 valence electrons. The molecule has 5 heteroatoms. The molecule has 0 unspecified atom stereocenters. The number of hydrogen-bond acceptors (Lipinski definition) is 4. The van der Waals surface area contributed by atoms with Crippen molar-refractivity contribution in [2.45, 2.75) is 31.2 Å². The predicted octanol–water partition coefficient (Wildman–Crippen LogP) is 2.88. The number of pyridine rings is 1. The van der Waals surface area contributed by atoms with Gasteiger partial charge in [-0.3, -0.25) is 9.78 Å². The monoisotopic (exact) mass is 311 g/mol. The van der Waals surface area contributed by atoms with Crippen LogP contribution < -0.4 is 15.8 Å². The number of rotatable bonds is 5. The van der Waals surface area contributed by atoms with Crippen LogP contribution in [0.2, 0.25) is 0 Å². The van der Waals surface area contributed by atoms with Crippen molar-refractivity contribution in [2.24, 2.45) is 5.73 Å². The van der Waals surface area contributed by atoms with E-state index in [1.54, 1.807) is 18.3 Å². The van der Waals surface area contributed by atoms with Gasteiger partial charge >= 0.3 is 0 Å². The van der Waals surface area contributed by atoms with Crippen molar-refractivity contribution >= 4 is 5.91 Å². The molecular formula is C18H21N3O2. The number of nitrogens with one attached hydrogen (secondary N) is 1. The minimum atomic E-state index is -0.283. The molecule has 1 aromatic heterocycles. The zero-order valence-electron chi connectivity index (χ0n) is 13.0. The third kappa shape index (κ3) is 3.68. The highest BCUT2D eigenvalue weighted by Gasteiger charge is 2.34. The molecule has 1 aliphatic rings. The predicted molar refractivity (Wildman–Crippen MR) is 88.5 cm³/mol. The van der Waals surface area contributed by atoms with Gasteiger partial charge in [-0.05, 0) is 31.0 Å². The fourth-order valence-electron chi connectivity index (χ4n) is 2.96. The summed E-state index contributed by atoms with van der Waals surface area (Å²) in [4.78, 5) is 16.6. The van der Waals surface area contributed by atoms with Gasteiger partial charge in [-0.2, -0.15) is 0 Å². The number of aromatic nitrogens is 1. The molecule has 0 saturated heterocycles. The van der Waals surface area contributed by atoms with Gasteiger partial charge in [0, 0.05) is 18.8 Å². The number of nitrogens with zero attached hydrogens (tertiary/aromatic N) is 1. The third-order valence-corrected chi connectivity index (χ3v) is 4.27. The number of hydrogen-bond donors (Lipinski definition) is 2. The lowest BCUT2D eigenvalue weighted by Crippen LogP contribution is -2.51. The van der Waals surface area contributed by atoms with E-state index in [1.807, 2.05) is 30.3 Å².